The molecule has 0 aliphatic heterocycles. The number of carbonyl (C=O) groups is 3. The second-order valence-corrected chi connectivity index (χ2v) is 12.9. The number of benzene rings is 2. The fraction of sp³-hybridized carbons (Fsp3) is 0.514. The van der Waals surface area contributed by atoms with Gasteiger partial charge in [0.15, 0.2) is 0 Å². The molecule has 0 heterocycles. The highest BCUT2D eigenvalue weighted by Gasteiger charge is 2.37. The number of amides is 3. The molecule has 43 heavy (non-hydrogen) atoms. The molecule has 2 atom stereocenters. The molecule has 0 saturated heterocycles. The lowest BCUT2D eigenvalue weighted by Crippen LogP contribution is -2.55. The third kappa shape index (κ3) is 12.4. The van der Waals surface area contributed by atoms with Crippen molar-refractivity contribution in [1.82, 2.24) is 15.5 Å². The maximum atomic E-state index is 14.5. The Bertz CT molecular complexity index is 1230. The third-order valence-corrected chi connectivity index (χ3v) is 6.60. The number of nitrogens with one attached hydrogen (secondary N) is 2. The lowest BCUT2D eigenvalue weighted by atomic mass is 9.97. The molecular weight excluding hydrogens is 542 g/mol. The monoisotopic (exact) mass is 591 g/mol. The zero-order valence-corrected chi connectivity index (χ0v) is 26.8. The summed E-state index contributed by atoms with van der Waals surface area (Å²) >= 11 is 0. The Balaban J connectivity index is 2.59. The van der Waals surface area contributed by atoms with Crippen LogP contribution in [0, 0.1) is 12.3 Å². The van der Waals surface area contributed by atoms with E-state index in [2.05, 4.69) is 23.5 Å². The van der Waals surface area contributed by atoms with Gasteiger partial charge in [-0.25, -0.2) is 4.79 Å². The van der Waals surface area contributed by atoms with Crippen LogP contribution in [0.4, 0.5) is 4.79 Å². The molecule has 0 aromatic heterocycles. The zero-order valence-electron chi connectivity index (χ0n) is 26.8. The molecule has 2 rings (SSSR count). The van der Waals surface area contributed by atoms with E-state index >= 15 is 0 Å². The van der Waals surface area contributed by atoms with Crippen molar-refractivity contribution in [3.63, 3.8) is 0 Å². The van der Waals surface area contributed by atoms with Crippen LogP contribution < -0.4 is 10.6 Å². The van der Waals surface area contributed by atoms with Gasteiger partial charge < -0.3 is 25.4 Å². The smallest absolute Gasteiger partial charge is 0.408 e. The van der Waals surface area contributed by atoms with E-state index in [1.165, 1.54) is 12.1 Å². The maximum Gasteiger partial charge on any atom is 0.408 e. The van der Waals surface area contributed by atoms with Crippen molar-refractivity contribution in [2.75, 3.05) is 6.54 Å². The highest BCUT2D eigenvalue weighted by molar-refractivity contribution is 5.92. The number of carbonyl (C=O) groups excluding carboxylic acids is 3. The van der Waals surface area contributed by atoms with E-state index in [0.29, 0.717) is 24.1 Å². The molecule has 0 fully saturated rings. The molecule has 234 valence electrons. The number of phenols is 1. The molecule has 0 spiro atoms. The molecule has 0 bridgehead atoms. The van der Waals surface area contributed by atoms with Gasteiger partial charge >= 0.3 is 6.09 Å². The van der Waals surface area contributed by atoms with E-state index in [1.807, 2.05) is 20.8 Å². The average molecular weight is 592 g/mol. The highest BCUT2D eigenvalue weighted by atomic mass is 16.6. The van der Waals surface area contributed by atoms with Gasteiger partial charge in [-0.2, -0.15) is 0 Å². The predicted molar refractivity (Wildman–Crippen MR) is 170 cm³/mol. The molecular formula is C35H49N3O5. The lowest BCUT2D eigenvalue weighted by molar-refractivity contribution is -0.143. The second kappa shape index (κ2) is 16.0. The molecule has 3 N–H and O–H groups in total. The van der Waals surface area contributed by atoms with Crippen LogP contribution in [0.15, 0.2) is 48.5 Å². The topological polar surface area (TPSA) is 108 Å². The van der Waals surface area contributed by atoms with Crippen LogP contribution in [0.1, 0.15) is 103 Å². The average Bonchev–Trinajstić information content (AvgIpc) is 2.91. The van der Waals surface area contributed by atoms with E-state index in [4.69, 9.17) is 11.2 Å². The molecule has 2 aromatic carbocycles. The molecule has 2 unspecified atom stereocenters. The van der Waals surface area contributed by atoms with Crippen LogP contribution in [0.2, 0.25) is 0 Å². The molecule has 2 aromatic rings. The van der Waals surface area contributed by atoms with Crippen LogP contribution in [0.5, 0.6) is 5.75 Å². The number of unbranched alkanes of at least 4 members (excludes halogenated alkanes) is 4. The summed E-state index contributed by atoms with van der Waals surface area (Å²) in [6.45, 7) is 13.4. The van der Waals surface area contributed by atoms with Crippen molar-refractivity contribution < 1.29 is 24.2 Å². The number of hydrogen-bond acceptors (Lipinski definition) is 5. The standard InChI is InChI=1S/C35H49N3O5/c1-9-11-12-13-14-23-38(30(31(40)37-34(3,4)5)27-19-15-25(10-2)16-20-27)32(41)29(36-33(42)43-35(6,7)8)24-26-17-21-28(39)22-18-26/h2,15-22,29-30,39H,9,11-14,23-24H2,1,3-8H3,(H,36,42)(H,37,40). The fourth-order valence-corrected chi connectivity index (χ4v) is 4.64. The summed E-state index contributed by atoms with van der Waals surface area (Å²) in [5, 5.41) is 15.6. The number of terminal acetylenes is 1. The van der Waals surface area contributed by atoms with E-state index in [-0.39, 0.29) is 18.1 Å². The van der Waals surface area contributed by atoms with Crippen molar-refractivity contribution >= 4 is 17.9 Å². The van der Waals surface area contributed by atoms with Crippen LogP contribution in [-0.4, -0.2) is 51.6 Å². The zero-order chi connectivity index (χ0) is 32.2. The van der Waals surface area contributed by atoms with Gasteiger partial charge in [0.25, 0.3) is 0 Å². The molecule has 0 aliphatic rings. The van der Waals surface area contributed by atoms with Gasteiger partial charge in [0.1, 0.15) is 23.4 Å². The van der Waals surface area contributed by atoms with Gasteiger partial charge in [0.2, 0.25) is 11.8 Å². The Labute approximate surface area is 257 Å². The van der Waals surface area contributed by atoms with Gasteiger partial charge in [-0.05, 0) is 83.4 Å². The van der Waals surface area contributed by atoms with Crippen molar-refractivity contribution in [3.8, 4) is 18.1 Å². The first-order valence-corrected chi connectivity index (χ1v) is 15.1. The van der Waals surface area contributed by atoms with Gasteiger partial charge in [-0.1, -0.05) is 62.8 Å². The Morgan fingerprint density at radius 1 is 0.930 bits per heavy atom. The van der Waals surface area contributed by atoms with Gasteiger partial charge in [0.05, 0.1) is 0 Å². The molecule has 0 aliphatic carbocycles. The summed E-state index contributed by atoms with van der Waals surface area (Å²) < 4.78 is 5.51. The first kappa shape index (κ1) is 35.2. The van der Waals surface area contributed by atoms with Gasteiger partial charge in [0, 0.05) is 24.1 Å². The summed E-state index contributed by atoms with van der Waals surface area (Å²) in [5.41, 5.74) is 0.674. The Morgan fingerprint density at radius 2 is 1.53 bits per heavy atom. The minimum absolute atomic E-state index is 0.0924. The number of rotatable bonds is 13. The van der Waals surface area contributed by atoms with Crippen LogP contribution in [0.3, 0.4) is 0 Å². The van der Waals surface area contributed by atoms with E-state index in [0.717, 1.165) is 31.2 Å². The second-order valence-electron chi connectivity index (χ2n) is 12.9. The number of aromatic hydroxyl groups is 1. The normalized spacial score (nSPS) is 12.9. The summed E-state index contributed by atoms with van der Waals surface area (Å²) in [7, 11) is 0. The van der Waals surface area contributed by atoms with Crippen LogP contribution in [0.25, 0.3) is 0 Å². The van der Waals surface area contributed by atoms with E-state index < -0.39 is 35.2 Å². The number of phenolic OH excluding ortho intramolecular Hbond substituents is 1. The van der Waals surface area contributed by atoms with Crippen molar-refractivity contribution in [3.05, 3.63) is 65.2 Å². The summed E-state index contributed by atoms with van der Waals surface area (Å²) in [6.07, 6.45) is 9.74. The van der Waals surface area contributed by atoms with Gasteiger partial charge in [-0.3, -0.25) is 9.59 Å². The van der Waals surface area contributed by atoms with Crippen LogP contribution >= 0.6 is 0 Å². The van der Waals surface area contributed by atoms with Crippen molar-refractivity contribution in [2.45, 2.75) is 110 Å². The SMILES string of the molecule is C#Cc1ccc(C(C(=O)NC(C)(C)C)N(CCCCCCC)C(=O)C(Cc2ccc(O)cc2)NC(=O)OC(C)(C)C)cc1. The number of alkyl carbamates (subject to hydrolysis) is 1. The van der Waals surface area contributed by atoms with E-state index in [9.17, 15) is 19.5 Å². The quantitative estimate of drug-likeness (QED) is 0.188. The first-order chi connectivity index (χ1) is 20.1. The fourth-order valence-electron chi connectivity index (χ4n) is 4.64. The first-order valence-electron chi connectivity index (χ1n) is 15.1. The highest BCUT2D eigenvalue weighted by Crippen LogP contribution is 2.26. The Hall–Kier alpha value is -3.99. The predicted octanol–water partition coefficient (Wildman–Crippen LogP) is 6.26. The number of nitrogens with zero attached hydrogens (tertiary/aromatic N) is 1. The summed E-state index contributed by atoms with van der Waals surface area (Å²) in [4.78, 5) is 43.0. The third-order valence-electron chi connectivity index (χ3n) is 6.60. The van der Waals surface area contributed by atoms with Crippen molar-refractivity contribution in [1.29, 1.82) is 0 Å². The Kier molecular flexibility index (Phi) is 13.1. The number of ether oxygens (including phenoxy) is 1. The molecule has 8 nitrogen and oxygen atoms in total. The lowest BCUT2D eigenvalue weighted by Gasteiger charge is -2.36. The summed E-state index contributed by atoms with van der Waals surface area (Å²) in [6, 6.07) is 11.5. The molecule has 0 radical (unpaired) electrons. The molecule has 0 saturated carbocycles. The van der Waals surface area contributed by atoms with Crippen molar-refractivity contribution in [2.24, 2.45) is 0 Å². The Morgan fingerprint density at radius 3 is 2.07 bits per heavy atom. The van der Waals surface area contributed by atoms with Gasteiger partial charge in [-0.15, -0.1) is 6.42 Å². The molecule has 8 heteroatoms. The molecule has 3 amide bonds. The largest absolute Gasteiger partial charge is 0.508 e. The summed E-state index contributed by atoms with van der Waals surface area (Å²) in [5.74, 6) is 1.95. The van der Waals surface area contributed by atoms with E-state index in [1.54, 1.807) is 62.1 Å². The van der Waals surface area contributed by atoms with Crippen LogP contribution in [-0.2, 0) is 20.7 Å². The maximum absolute atomic E-state index is 14.5. The minimum atomic E-state index is -1.04. The number of hydrogen-bond donors (Lipinski definition) is 3. The minimum Gasteiger partial charge on any atom is -0.508 e.